The lowest BCUT2D eigenvalue weighted by atomic mass is 9.91. The number of nitrogens with zero attached hydrogens (tertiary/aromatic N) is 2. The maximum Gasteiger partial charge on any atom is 0.245 e. The van der Waals surface area contributed by atoms with E-state index in [-0.39, 0.29) is 23.9 Å². The zero-order chi connectivity index (χ0) is 21.5. The highest BCUT2D eigenvalue weighted by Crippen LogP contribution is 2.32. The van der Waals surface area contributed by atoms with Crippen LogP contribution >= 0.6 is 0 Å². The predicted molar refractivity (Wildman–Crippen MR) is 120 cm³/mol. The zero-order valence-corrected chi connectivity index (χ0v) is 18.8. The van der Waals surface area contributed by atoms with Crippen LogP contribution in [0.2, 0.25) is 0 Å². The summed E-state index contributed by atoms with van der Waals surface area (Å²) < 4.78 is 0. The van der Waals surface area contributed by atoms with Crippen LogP contribution in [-0.2, 0) is 16.0 Å². The second kappa shape index (κ2) is 10.9. The molecule has 0 saturated carbocycles. The molecule has 3 rings (SSSR count). The van der Waals surface area contributed by atoms with Gasteiger partial charge in [0.05, 0.1) is 6.04 Å². The first-order valence-corrected chi connectivity index (χ1v) is 11.6. The Balaban J connectivity index is 1.60. The molecule has 2 amide bonds. The van der Waals surface area contributed by atoms with Gasteiger partial charge in [-0.2, -0.15) is 0 Å². The summed E-state index contributed by atoms with van der Waals surface area (Å²) in [6, 6.07) is 10.2. The Labute approximate surface area is 181 Å². The van der Waals surface area contributed by atoms with E-state index in [1.165, 1.54) is 5.56 Å². The van der Waals surface area contributed by atoms with Crippen molar-refractivity contribution in [1.29, 1.82) is 0 Å². The number of carbonyl (C=O) groups is 2. The van der Waals surface area contributed by atoms with Crippen molar-refractivity contribution >= 4 is 11.8 Å². The standard InChI is InChI=1S/C24H38N4O2/c1-4-8-21(26-23(29)18(2)25-3)24(30)28-16-13-20-12-15-27(17-22(20)28)14-11-19-9-6-5-7-10-19/h5-7,9-10,18,20-22,25H,4,8,11-17H2,1-3H3,(H,26,29)/t18-,20+,21-,22+/m0/s1. The smallest absolute Gasteiger partial charge is 0.245 e. The van der Waals surface area contributed by atoms with Gasteiger partial charge in [-0.05, 0) is 57.7 Å². The molecule has 2 aliphatic heterocycles. The number of fused-ring (bicyclic) bond motifs is 1. The summed E-state index contributed by atoms with van der Waals surface area (Å²) in [4.78, 5) is 30.4. The van der Waals surface area contributed by atoms with Gasteiger partial charge in [-0.15, -0.1) is 0 Å². The van der Waals surface area contributed by atoms with Crippen LogP contribution in [0.1, 0.15) is 45.1 Å². The van der Waals surface area contributed by atoms with Crippen LogP contribution < -0.4 is 10.6 Å². The zero-order valence-electron chi connectivity index (χ0n) is 18.8. The van der Waals surface area contributed by atoms with Crippen LogP contribution in [0.3, 0.4) is 0 Å². The van der Waals surface area contributed by atoms with Crippen molar-refractivity contribution < 1.29 is 9.59 Å². The van der Waals surface area contributed by atoms with Gasteiger partial charge in [0.25, 0.3) is 0 Å². The fraction of sp³-hybridized carbons (Fsp3) is 0.667. The van der Waals surface area contributed by atoms with Gasteiger partial charge >= 0.3 is 0 Å². The lowest BCUT2D eigenvalue weighted by molar-refractivity contribution is -0.138. The summed E-state index contributed by atoms with van der Waals surface area (Å²) in [5.74, 6) is 0.593. The number of likely N-dealkylation sites (N-methyl/N-ethyl adjacent to an activating group) is 1. The molecule has 166 valence electrons. The minimum Gasteiger partial charge on any atom is -0.343 e. The van der Waals surface area contributed by atoms with Crippen molar-refractivity contribution in [2.75, 3.05) is 33.2 Å². The molecule has 0 aromatic heterocycles. The molecule has 0 spiro atoms. The second-order valence-electron chi connectivity index (χ2n) is 8.83. The van der Waals surface area contributed by atoms with Crippen LogP contribution in [0.25, 0.3) is 0 Å². The van der Waals surface area contributed by atoms with Crippen molar-refractivity contribution in [2.24, 2.45) is 5.92 Å². The Morgan fingerprint density at radius 1 is 1.17 bits per heavy atom. The van der Waals surface area contributed by atoms with Crippen molar-refractivity contribution in [2.45, 2.75) is 64.1 Å². The highest BCUT2D eigenvalue weighted by atomic mass is 16.2. The number of piperidine rings is 1. The largest absolute Gasteiger partial charge is 0.343 e. The lowest BCUT2D eigenvalue weighted by Crippen LogP contribution is -2.56. The fourth-order valence-corrected chi connectivity index (χ4v) is 4.79. The molecule has 2 heterocycles. The van der Waals surface area contributed by atoms with Crippen LogP contribution in [0, 0.1) is 5.92 Å². The molecule has 6 heteroatoms. The normalized spacial score (nSPS) is 23.6. The van der Waals surface area contributed by atoms with Gasteiger partial charge in [-0.25, -0.2) is 0 Å². The van der Waals surface area contributed by atoms with Gasteiger partial charge in [0.2, 0.25) is 11.8 Å². The number of rotatable bonds is 9. The van der Waals surface area contributed by atoms with E-state index in [1.54, 1.807) is 7.05 Å². The maximum atomic E-state index is 13.4. The molecule has 2 aliphatic rings. The number of benzene rings is 1. The van der Waals surface area contributed by atoms with Gasteiger partial charge in [0, 0.05) is 25.7 Å². The molecule has 0 unspecified atom stereocenters. The molecule has 4 atom stereocenters. The second-order valence-corrected chi connectivity index (χ2v) is 8.83. The molecule has 6 nitrogen and oxygen atoms in total. The number of likely N-dealkylation sites (tertiary alicyclic amines) is 2. The summed E-state index contributed by atoms with van der Waals surface area (Å²) in [6.45, 7) is 7.79. The van der Waals surface area contributed by atoms with E-state index in [2.05, 4.69) is 57.7 Å². The lowest BCUT2D eigenvalue weighted by Gasteiger charge is -2.39. The van der Waals surface area contributed by atoms with Crippen LogP contribution in [0.5, 0.6) is 0 Å². The van der Waals surface area contributed by atoms with E-state index >= 15 is 0 Å². The third-order valence-corrected chi connectivity index (χ3v) is 6.81. The summed E-state index contributed by atoms with van der Waals surface area (Å²) in [7, 11) is 1.76. The Kier molecular flexibility index (Phi) is 8.28. The van der Waals surface area contributed by atoms with Gasteiger partial charge < -0.3 is 20.4 Å². The van der Waals surface area contributed by atoms with Gasteiger partial charge in [0.15, 0.2) is 0 Å². The minimum atomic E-state index is -0.420. The molecular weight excluding hydrogens is 376 g/mol. The molecule has 1 aromatic carbocycles. The Morgan fingerprint density at radius 3 is 2.60 bits per heavy atom. The van der Waals surface area contributed by atoms with E-state index in [1.807, 2.05) is 6.92 Å². The van der Waals surface area contributed by atoms with E-state index in [0.717, 1.165) is 51.9 Å². The quantitative estimate of drug-likeness (QED) is 0.649. The highest BCUT2D eigenvalue weighted by Gasteiger charge is 2.42. The van der Waals surface area contributed by atoms with Crippen molar-refractivity contribution in [3.8, 4) is 0 Å². The Bertz CT molecular complexity index is 696. The van der Waals surface area contributed by atoms with Crippen LogP contribution in [0.15, 0.2) is 30.3 Å². The number of amides is 2. The number of hydrogen-bond acceptors (Lipinski definition) is 4. The number of hydrogen-bond donors (Lipinski definition) is 2. The summed E-state index contributed by atoms with van der Waals surface area (Å²) >= 11 is 0. The van der Waals surface area contributed by atoms with E-state index in [4.69, 9.17) is 0 Å². The molecule has 0 radical (unpaired) electrons. The SMILES string of the molecule is CCC[C@H](NC(=O)[C@H](C)NC)C(=O)N1CC[C@H]2CCN(CCc3ccccc3)C[C@H]21. The van der Waals surface area contributed by atoms with E-state index < -0.39 is 6.04 Å². The number of nitrogens with one attached hydrogen (secondary N) is 2. The van der Waals surface area contributed by atoms with E-state index in [0.29, 0.717) is 12.3 Å². The molecule has 2 fully saturated rings. The maximum absolute atomic E-state index is 13.4. The van der Waals surface area contributed by atoms with Crippen molar-refractivity contribution in [1.82, 2.24) is 20.4 Å². The van der Waals surface area contributed by atoms with Gasteiger partial charge in [-0.3, -0.25) is 9.59 Å². The Hall–Kier alpha value is -1.92. The molecule has 0 aliphatic carbocycles. The third-order valence-electron chi connectivity index (χ3n) is 6.81. The fourth-order valence-electron chi connectivity index (χ4n) is 4.79. The molecule has 1 aromatic rings. The van der Waals surface area contributed by atoms with Crippen molar-refractivity contribution in [3.63, 3.8) is 0 Å². The Morgan fingerprint density at radius 2 is 1.90 bits per heavy atom. The summed E-state index contributed by atoms with van der Waals surface area (Å²) in [5.41, 5.74) is 1.36. The summed E-state index contributed by atoms with van der Waals surface area (Å²) in [6.07, 6.45) is 4.85. The van der Waals surface area contributed by atoms with Crippen LogP contribution in [0.4, 0.5) is 0 Å². The first-order valence-electron chi connectivity index (χ1n) is 11.6. The molecule has 2 saturated heterocycles. The van der Waals surface area contributed by atoms with Gasteiger partial charge in [-0.1, -0.05) is 43.7 Å². The predicted octanol–water partition coefficient (Wildman–Crippen LogP) is 2.04. The molecule has 2 N–H and O–H groups in total. The monoisotopic (exact) mass is 414 g/mol. The molecule has 0 bridgehead atoms. The first-order chi connectivity index (χ1) is 14.5. The number of carbonyl (C=O) groups excluding carboxylic acids is 2. The molecular formula is C24H38N4O2. The van der Waals surface area contributed by atoms with Crippen LogP contribution in [-0.4, -0.2) is 73.0 Å². The van der Waals surface area contributed by atoms with E-state index in [9.17, 15) is 9.59 Å². The topological polar surface area (TPSA) is 64.7 Å². The third kappa shape index (κ3) is 5.61. The van der Waals surface area contributed by atoms with Gasteiger partial charge in [0.1, 0.15) is 6.04 Å². The minimum absolute atomic E-state index is 0.103. The average Bonchev–Trinajstić information content (AvgIpc) is 3.20. The summed E-state index contributed by atoms with van der Waals surface area (Å²) in [5, 5.41) is 5.95. The highest BCUT2D eigenvalue weighted by molar-refractivity contribution is 5.89. The average molecular weight is 415 g/mol. The first kappa shape index (κ1) is 22.8. The molecule has 30 heavy (non-hydrogen) atoms. The van der Waals surface area contributed by atoms with Crippen molar-refractivity contribution in [3.05, 3.63) is 35.9 Å².